The van der Waals surface area contributed by atoms with E-state index in [0.717, 1.165) is 0 Å². The largest absolute Gasteiger partial charge is 0.447 e. The van der Waals surface area contributed by atoms with Crippen LogP contribution in [0.2, 0.25) is 5.02 Å². The van der Waals surface area contributed by atoms with E-state index in [1.807, 2.05) is 0 Å². The molecule has 44 heavy (non-hydrogen) atoms. The number of nitrogens with zero attached hydrogens (tertiary/aromatic N) is 2. The maximum Gasteiger partial charge on any atom is 0.412 e. The molecule has 0 radical (unpaired) electrons. The lowest BCUT2D eigenvalue weighted by Crippen LogP contribution is -2.52. The van der Waals surface area contributed by atoms with Crippen molar-refractivity contribution in [2.75, 3.05) is 32.1 Å². The molecule has 3 aromatic rings. The van der Waals surface area contributed by atoms with Crippen molar-refractivity contribution in [1.29, 1.82) is 0 Å². The van der Waals surface area contributed by atoms with Crippen LogP contribution in [0, 0.1) is 11.6 Å². The average Bonchev–Trinajstić information content (AvgIpc) is 2.95. The summed E-state index contributed by atoms with van der Waals surface area (Å²) >= 11 is 5.97. The molecular formula is C29H33ClF2N6O6. The van der Waals surface area contributed by atoms with Gasteiger partial charge in [0.2, 0.25) is 5.91 Å². The number of anilines is 1. The number of pyridine rings is 1. The Kier molecular flexibility index (Phi) is 11.6. The zero-order valence-electron chi connectivity index (χ0n) is 24.5. The first-order chi connectivity index (χ1) is 20.7. The van der Waals surface area contributed by atoms with Crippen LogP contribution < -0.4 is 21.3 Å². The van der Waals surface area contributed by atoms with Crippen LogP contribution in [0.1, 0.15) is 26.3 Å². The number of ether oxygens (including phenoxy) is 2. The van der Waals surface area contributed by atoms with Crippen LogP contribution in [0.15, 0.2) is 48.7 Å². The maximum absolute atomic E-state index is 13.8. The van der Waals surface area contributed by atoms with E-state index in [2.05, 4.69) is 26.3 Å². The van der Waals surface area contributed by atoms with Crippen molar-refractivity contribution in [1.82, 2.24) is 25.8 Å². The number of aromatic nitrogens is 1. The molecule has 236 valence electrons. The first kappa shape index (κ1) is 33.8. The topological polar surface area (TPSA) is 151 Å². The Morgan fingerprint density at radius 1 is 1.00 bits per heavy atom. The zero-order valence-corrected chi connectivity index (χ0v) is 25.3. The molecule has 4 N–H and O–H groups in total. The van der Waals surface area contributed by atoms with E-state index in [1.54, 1.807) is 32.9 Å². The fourth-order valence-electron chi connectivity index (χ4n) is 3.71. The number of carbonyl (C=O) groups is 4. The van der Waals surface area contributed by atoms with E-state index in [1.165, 1.54) is 48.5 Å². The van der Waals surface area contributed by atoms with E-state index in [9.17, 15) is 28.0 Å². The number of rotatable bonds is 10. The van der Waals surface area contributed by atoms with Gasteiger partial charge in [0.15, 0.2) is 0 Å². The predicted octanol–water partition coefficient (Wildman–Crippen LogP) is 4.57. The van der Waals surface area contributed by atoms with E-state index >= 15 is 0 Å². The van der Waals surface area contributed by atoms with Crippen molar-refractivity contribution in [3.05, 3.63) is 70.9 Å². The fraction of sp³-hybridized carbons (Fsp3) is 0.345. The highest BCUT2D eigenvalue weighted by Crippen LogP contribution is 2.20. The first-order valence-electron chi connectivity index (χ1n) is 13.4. The molecule has 15 heteroatoms. The normalized spacial score (nSPS) is 11.7. The Balaban J connectivity index is 1.62. The second-order valence-electron chi connectivity index (χ2n) is 10.6. The van der Waals surface area contributed by atoms with Crippen LogP contribution >= 0.6 is 11.6 Å². The molecule has 0 aliphatic heterocycles. The Morgan fingerprint density at radius 3 is 2.48 bits per heavy atom. The van der Waals surface area contributed by atoms with Gasteiger partial charge in [-0.3, -0.25) is 10.1 Å². The van der Waals surface area contributed by atoms with Crippen LogP contribution in [0.4, 0.5) is 29.0 Å². The van der Waals surface area contributed by atoms with Gasteiger partial charge in [-0.1, -0.05) is 23.7 Å². The SMILES string of the molecule is CN(C(=O)NCc1cccc(F)c1Cl)[C@H](CNC(=O)CNC(=O)OC(C)(C)C)COC(=O)Nc1cc2cc(F)ccc2cn1. The standard InChI is InChI=1S/C29H33ClF2N6O6/c1-29(2,3)44-27(41)36-15-24(39)34-14-21(38(4)26(40)35-13-18-6-5-7-22(32)25(18)30)16-43-28(42)37-23-11-19-10-20(31)9-8-17(19)12-33-23/h5-12,21H,13-16H2,1-4H3,(H,34,39)(H,35,40)(H,36,41)(H,33,37,42)/t21-/m1/s1. The minimum Gasteiger partial charge on any atom is -0.447 e. The number of likely N-dealkylation sites (N-methyl/N-ethyl adjacent to an activating group) is 1. The Bertz CT molecular complexity index is 1520. The highest BCUT2D eigenvalue weighted by molar-refractivity contribution is 6.31. The molecule has 0 unspecified atom stereocenters. The van der Waals surface area contributed by atoms with Gasteiger partial charge in [0.05, 0.1) is 17.6 Å². The van der Waals surface area contributed by atoms with Crippen LogP contribution in [0.25, 0.3) is 10.8 Å². The molecule has 1 aromatic heterocycles. The maximum atomic E-state index is 13.8. The van der Waals surface area contributed by atoms with Crippen LogP contribution in [0.5, 0.6) is 0 Å². The molecule has 1 atom stereocenters. The van der Waals surface area contributed by atoms with Gasteiger partial charge in [-0.25, -0.2) is 28.1 Å². The summed E-state index contributed by atoms with van der Waals surface area (Å²) in [7, 11) is 1.40. The second kappa shape index (κ2) is 15.1. The molecule has 12 nitrogen and oxygen atoms in total. The minimum absolute atomic E-state index is 0.101. The summed E-state index contributed by atoms with van der Waals surface area (Å²) in [6.45, 7) is 3.95. The molecule has 3 rings (SSSR count). The Morgan fingerprint density at radius 2 is 1.75 bits per heavy atom. The molecule has 0 saturated carbocycles. The summed E-state index contributed by atoms with van der Waals surface area (Å²) in [6.07, 6.45) is -0.255. The van der Waals surface area contributed by atoms with Crippen LogP contribution in [0.3, 0.4) is 0 Å². The lowest BCUT2D eigenvalue weighted by atomic mass is 10.2. The molecule has 1 heterocycles. The van der Waals surface area contributed by atoms with Gasteiger partial charge >= 0.3 is 18.2 Å². The van der Waals surface area contributed by atoms with Gasteiger partial charge in [-0.15, -0.1) is 0 Å². The quantitative estimate of drug-likeness (QED) is 0.255. The number of halogens is 3. The third kappa shape index (κ3) is 10.5. The van der Waals surface area contributed by atoms with E-state index in [-0.39, 0.29) is 30.5 Å². The molecule has 0 aliphatic carbocycles. The monoisotopic (exact) mass is 634 g/mol. The number of amides is 5. The summed E-state index contributed by atoms with van der Waals surface area (Å²) < 4.78 is 37.8. The highest BCUT2D eigenvalue weighted by Gasteiger charge is 2.24. The van der Waals surface area contributed by atoms with Crippen molar-refractivity contribution in [2.45, 2.75) is 39.0 Å². The Labute approximate surface area is 257 Å². The van der Waals surface area contributed by atoms with Crippen molar-refractivity contribution in [2.24, 2.45) is 0 Å². The van der Waals surface area contributed by atoms with Crippen LogP contribution in [-0.2, 0) is 20.8 Å². The number of alkyl carbamates (subject to hydrolysis) is 1. The van der Waals surface area contributed by atoms with Crippen LogP contribution in [-0.4, -0.2) is 72.4 Å². The predicted molar refractivity (Wildman–Crippen MR) is 159 cm³/mol. The fourth-order valence-corrected chi connectivity index (χ4v) is 3.90. The van der Waals surface area contributed by atoms with E-state index in [0.29, 0.717) is 16.3 Å². The number of urea groups is 1. The lowest BCUT2D eigenvalue weighted by Gasteiger charge is -2.28. The van der Waals surface area contributed by atoms with Gasteiger partial charge in [0, 0.05) is 31.7 Å². The summed E-state index contributed by atoms with van der Waals surface area (Å²) in [6, 6.07) is 8.23. The molecule has 0 bridgehead atoms. The minimum atomic E-state index is -0.920. The Hall–Kier alpha value is -4.72. The number of nitrogens with one attached hydrogen (secondary N) is 4. The summed E-state index contributed by atoms with van der Waals surface area (Å²) in [4.78, 5) is 55.0. The number of fused-ring (bicyclic) bond motifs is 1. The zero-order chi connectivity index (χ0) is 32.4. The van der Waals surface area contributed by atoms with Gasteiger partial charge in [-0.05, 0) is 62.1 Å². The van der Waals surface area contributed by atoms with Gasteiger partial charge in [-0.2, -0.15) is 0 Å². The average molecular weight is 635 g/mol. The first-order valence-corrected chi connectivity index (χ1v) is 13.8. The summed E-state index contributed by atoms with van der Waals surface area (Å²) in [5.74, 6) is -1.59. The highest BCUT2D eigenvalue weighted by atomic mass is 35.5. The van der Waals surface area contributed by atoms with Crippen molar-refractivity contribution < 1.29 is 37.4 Å². The van der Waals surface area contributed by atoms with Crippen molar-refractivity contribution >= 4 is 52.3 Å². The molecule has 0 saturated heterocycles. The van der Waals surface area contributed by atoms with Gasteiger partial charge < -0.3 is 30.3 Å². The van der Waals surface area contributed by atoms with Crippen molar-refractivity contribution in [3.63, 3.8) is 0 Å². The lowest BCUT2D eigenvalue weighted by molar-refractivity contribution is -0.120. The van der Waals surface area contributed by atoms with E-state index in [4.69, 9.17) is 21.1 Å². The number of benzene rings is 2. The number of hydrogen-bond donors (Lipinski definition) is 4. The van der Waals surface area contributed by atoms with Crippen molar-refractivity contribution in [3.8, 4) is 0 Å². The molecule has 5 amide bonds. The molecule has 0 fully saturated rings. The third-order valence-corrected chi connectivity index (χ3v) is 6.40. The molecule has 0 spiro atoms. The smallest absolute Gasteiger partial charge is 0.412 e. The summed E-state index contributed by atoms with van der Waals surface area (Å²) in [5, 5.41) is 11.0. The second-order valence-corrected chi connectivity index (χ2v) is 11.0. The van der Waals surface area contributed by atoms with Gasteiger partial charge in [0.1, 0.15) is 29.7 Å². The molecule has 0 aliphatic rings. The number of carbonyl (C=O) groups excluding carboxylic acids is 4. The molecular weight excluding hydrogens is 602 g/mol. The van der Waals surface area contributed by atoms with Gasteiger partial charge in [0.25, 0.3) is 0 Å². The summed E-state index contributed by atoms with van der Waals surface area (Å²) in [5.41, 5.74) is -0.418. The molecule has 2 aromatic carbocycles. The number of hydrogen-bond acceptors (Lipinski definition) is 7. The third-order valence-electron chi connectivity index (χ3n) is 5.98. The van der Waals surface area contributed by atoms with E-state index < -0.39 is 53.9 Å².